The molecule has 3 heterocycles. The average molecular weight is 529 g/mol. The minimum absolute atomic E-state index is 0.273. The molecule has 1 aliphatic heterocycles. The van der Waals surface area contributed by atoms with E-state index in [4.69, 9.17) is 0 Å². The van der Waals surface area contributed by atoms with Crippen LogP contribution in [0.4, 0.5) is 11.5 Å². The van der Waals surface area contributed by atoms with Gasteiger partial charge in [0.15, 0.2) is 0 Å². The molecule has 3 N–H and O–H groups in total. The number of rotatable bonds is 10. The fraction of sp³-hybridized carbons (Fsp3) is 0.355. The quantitative estimate of drug-likeness (QED) is 0.209. The van der Waals surface area contributed by atoms with Crippen molar-refractivity contribution in [3.05, 3.63) is 97.5 Å². The summed E-state index contributed by atoms with van der Waals surface area (Å²) in [6, 6.07) is 16.8. The summed E-state index contributed by atoms with van der Waals surface area (Å²) in [7, 11) is 0. The van der Waals surface area contributed by atoms with Crippen molar-refractivity contribution in [2.24, 2.45) is 0 Å². The van der Waals surface area contributed by atoms with Crippen LogP contribution in [-0.4, -0.2) is 22.1 Å². The molecule has 7 heteroatoms. The number of benzene rings is 2. The van der Waals surface area contributed by atoms with E-state index in [0.29, 0.717) is 18.4 Å². The second-order valence-electron chi connectivity index (χ2n) is 10.1. The van der Waals surface area contributed by atoms with Crippen molar-refractivity contribution >= 4 is 38.5 Å². The van der Waals surface area contributed by atoms with Gasteiger partial charge in [0, 0.05) is 35.6 Å². The summed E-state index contributed by atoms with van der Waals surface area (Å²) in [5.41, 5.74) is 5.50. The highest BCUT2D eigenvalue weighted by atomic mass is 32.1. The van der Waals surface area contributed by atoms with Crippen molar-refractivity contribution in [1.82, 2.24) is 14.9 Å². The van der Waals surface area contributed by atoms with E-state index in [1.807, 2.05) is 23.5 Å². The molecule has 2 aromatic heterocycles. The number of nitrogens with zero attached hydrogens (tertiary/aromatic N) is 1. The molecule has 198 valence electrons. The van der Waals surface area contributed by atoms with Gasteiger partial charge in [-0.1, -0.05) is 50.1 Å². The van der Waals surface area contributed by atoms with Gasteiger partial charge < -0.3 is 10.6 Å². The van der Waals surface area contributed by atoms with Crippen LogP contribution in [0.15, 0.2) is 69.6 Å². The summed E-state index contributed by atoms with van der Waals surface area (Å²) in [6.07, 6.45) is 8.22. The predicted octanol–water partition coefficient (Wildman–Crippen LogP) is 6.37. The number of aryl methyl sites for hydroxylation is 2. The highest BCUT2D eigenvalue weighted by Crippen LogP contribution is 2.33. The molecule has 0 saturated heterocycles. The lowest BCUT2D eigenvalue weighted by Crippen LogP contribution is -2.35. The number of aromatic amines is 1. The van der Waals surface area contributed by atoms with Crippen LogP contribution in [0.3, 0.4) is 0 Å². The van der Waals surface area contributed by atoms with Gasteiger partial charge in [0.1, 0.15) is 5.82 Å². The Bertz CT molecular complexity index is 1530. The summed E-state index contributed by atoms with van der Waals surface area (Å²) < 4.78 is 2.68. The Morgan fingerprint density at radius 1 is 1.08 bits per heavy atom. The van der Waals surface area contributed by atoms with Gasteiger partial charge >= 0.3 is 5.69 Å². The van der Waals surface area contributed by atoms with Crippen LogP contribution >= 0.6 is 11.3 Å². The van der Waals surface area contributed by atoms with Gasteiger partial charge in [-0.3, -0.25) is 14.3 Å². The zero-order valence-corrected chi connectivity index (χ0v) is 23.0. The first-order valence-corrected chi connectivity index (χ1v) is 14.5. The summed E-state index contributed by atoms with van der Waals surface area (Å²) in [5, 5.41) is 10.3. The maximum Gasteiger partial charge on any atom is 0.329 e. The Balaban J connectivity index is 1.11. The van der Waals surface area contributed by atoms with Crippen LogP contribution in [0.25, 0.3) is 15.7 Å². The summed E-state index contributed by atoms with van der Waals surface area (Å²) in [5.74, 6) is 0.424. The smallest absolute Gasteiger partial charge is 0.329 e. The van der Waals surface area contributed by atoms with E-state index in [-0.39, 0.29) is 11.2 Å². The number of nitrogens with one attached hydrogen (secondary N) is 3. The Morgan fingerprint density at radius 2 is 1.97 bits per heavy atom. The average Bonchev–Trinajstić information content (AvgIpc) is 3.40. The first kappa shape index (κ1) is 26.2. The lowest BCUT2D eigenvalue weighted by Gasteiger charge is -2.25. The molecular weight excluding hydrogens is 492 g/mol. The highest BCUT2D eigenvalue weighted by Gasteiger charge is 2.17. The fourth-order valence-electron chi connectivity index (χ4n) is 5.36. The third-order valence-corrected chi connectivity index (χ3v) is 8.47. The van der Waals surface area contributed by atoms with Crippen LogP contribution in [0, 0.1) is 6.92 Å². The van der Waals surface area contributed by atoms with Gasteiger partial charge in [-0.2, -0.15) is 0 Å². The zero-order chi connectivity index (χ0) is 26.5. The predicted molar refractivity (Wildman–Crippen MR) is 160 cm³/mol. The molecule has 0 radical (unpaired) electrons. The van der Waals surface area contributed by atoms with Gasteiger partial charge in [0.2, 0.25) is 0 Å². The van der Waals surface area contributed by atoms with Crippen LogP contribution in [0.5, 0.6) is 0 Å². The molecule has 0 saturated carbocycles. The molecule has 2 aromatic carbocycles. The van der Waals surface area contributed by atoms with Crippen LogP contribution in [-0.2, 0) is 13.0 Å². The number of hydrogen-bond acceptors (Lipinski definition) is 5. The minimum Gasteiger partial charge on any atom is -0.342 e. The number of thiophene rings is 1. The normalized spacial score (nSPS) is 15.5. The number of aromatic nitrogens is 2. The van der Waals surface area contributed by atoms with Crippen LogP contribution in [0.2, 0.25) is 0 Å². The van der Waals surface area contributed by atoms with E-state index in [2.05, 4.69) is 71.3 Å². The Morgan fingerprint density at radius 3 is 2.82 bits per heavy atom. The van der Waals surface area contributed by atoms with Crippen molar-refractivity contribution in [2.45, 2.75) is 65.0 Å². The van der Waals surface area contributed by atoms with E-state index < -0.39 is 0 Å². The molecule has 1 atom stereocenters. The summed E-state index contributed by atoms with van der Waals surface area (Å²) in [4.78, 5) is 28.1. The number of anilines is 2. The van der Waals surface area contributed by atoms with Gasteiger partial charge in [0.25, 0.3) is 5.56 Å². The van der Waals surface area contributed by atoms with Crippen LogP contribution in [0.1, 0.15) is 55.7 Å². The maximum atomic E-state index is 12.7. The van der Waals surface area contributed by atoms with E-state index >= 15 is 0 Å². The molecular formula is C31H36N4O2S. The zero-order valence-electron chi connectivity index (χ0n) is 22.2. The van der Waals surface area contributed by atoms with Crippen molar-refractivity contribution < 1.29 is 0 Å². The number of hydrogen-bond donors (Lipinski definition) is 3. The largest absolute Gasteiger partial charge is 0.342 e. The molecule has 4 aromatic rings. The van der Waals surface area contributed by atoms with Gasteiger partial charge in [0.05, 0.1) is 0 Å². The molecule has 0 fully saturated rings. The lowest BCUT2D eigenvalue weighted by atomic mass is 9.92. The first-order valence-electron chi connectivity index (χ1n) is 13.6. The van der Waals surface area contributed by atoms with Crippen molar-refractivity contribution in [2.75, 3.05) is 11.9 Å². The van der Waals surface area contributed by atoms with E-state index in [9.17, 15) is 9.59 Å². The Labute approximate surface area is 227 Å². The fourth-order valence-corrected chi connectivity index (χ4v) is 6.31. The monoisotopic (exact) mass is 528 g/mol. The lowest BCUT2D eigenvalue weighted by molar-refractivity contribution is 0.460. The minimum atomic E-state index is -0.366. The molecule has 38 heavy (non-hydrogen) atoms. The molecule has 1 aliphatic rings. The summed E-state index contributed by atoms with van der Waals surface area (Å²) >= 11 is 1.82. The topological polar surface area (TPSA) is 78.9 Å². The molecule has 1 unspecified atom stereocenters. The standard InChI is InChI=1S/C31H36N4O2S/c1-3-22-18-26(12-11-21(22)2)33-28-20-29(36)35(31(37)34-28)16-6-4-5-9-25-19-24(13-15-32-25)27-10-7-8-23-14-17-38-30(23)27/h7-8,10-14,17-18,20,25,32-33H,3-6,9,15-16,19H2,1-2H3,(H,34,37). The second kappa shape index (κ2) is 12.0. The Hall–Kier alpha value is -3.42. The van der Waals surface area contributed by atoms with Crippen molar-refractivity contribution in [3.8, 4) is 0 Å². The molecule has 6 nitrogen and oxygen atoms in total. The first-order chi connectivity index (χ1) is 18.5. The van der Waals surface area contributed by atoms with E-state index in [1.54, 1.807) is 0 Å². The van der Waals surface area contributed by atoms with E-state index in [0.717, 1.165) is 50.8 Å². The molecule has 0 spiro atoms. The third kappa shape index (κ3) is 6.00. The van der Waals surface area contributed by atoms with Crippen LogP contribution < -0.4 is 21.9 Å². The Kier molecular flexibility index (Phi) is 8.25. The second-order valence-corrected chi connectivity index (χ2v) is 11.0. The van der Waals surface area contributed by atoms with E-state index in [1.165, 1.54) is 43.0 Å². The highest BCUT2D eigenvalue weighted by molar-refractivity contribution is 7.17. The SMILES string of the molecule is CCc1cc(Nc2cc(=O)n(CCCCCC3CC(c4cccc5ccsc45)=CCN3)c(=O)[nH]2)ccc1C. The summed E-state index contributed by atoms with van der Waals surface area (Å²) in [6.45, 7) is 5.53. The number of fused-ring (bicyclic) bond motifs is 1. The number of unbranched alkanes of at least 4 members (excludes halogenated alkanes) is 2. The number of H-pyrrole nitrogens is 1. The molecule has 0 amide bonds. The van der Waals surface area contributed by atoms with Gasteiger partial charge in [-0.15, -0.1) is 11.3 Å². The molecule has 0 aliphatic carbocycles. The van der Waals surface area contributed by atoms with Gasteiger partial charge in [-0.05, 0) is 83.8 Å². The molecule has 0 bridgehead atoms. The maximum absolute atomic E-state index is 12.7. The van der Waals surface area contributed by atoms with Crippen molar-refractivity contribution in [3.63, 3.8) is 0 Å². The van der Waals surface area contributed by atoms with Gasteiger partial charge in [-0.25, -0.2) is 4.79 Å². The third-order valence-electron chi connectivity index (χ3n) is 7.51. The van der Waals surface area contributed by atoms with Crippen molar-refractivity contribution in [1.29, 1.82) is 0 Å². The molecule has 5 rings (SSSR count).